The summed E-state index contributed by atoms with van der Waals surface area (Å²) in [5.74, 6) is -0.763. The first kappa shape index (κ1) is 18.8. The normalized spacial score (nSPS) is 18.3. The molecular weight excluding hydrogens is 340 g/mol. The van der Waals surface area contributed by atoms with Gasteiger partial charge >= 0.3 is 0 Å². The summed E-state index contributed by atoms with van der Waals surface area (Å²) in [5.41, 5.74) is 1.47. The zero-order valence-electron chi connectivity index (χ0n) is 15.5. The number of unbranched alkanes of at least 4 members (excludes halogenated alkanes) is 1. The molecule has 0 aliphatic carbocycles. The van der Waals surface area contributed by atoms with Gasteiger partial charge in [0.2, 0.25) is 0 Å². The number of para-hydroxylation sites is 1. The predicted octanol–water partition coefficient (Wildman–Crippen LogP) is 3.41. The van der Waals surface area contributed by atoms with E-state index in [1.165, 1.54) is 4.90 Å². The molecule has 138 valence electrons. The number of rotatable bonds is 6. The van der Waals surface area contributed by atoms with E-state index in [1.807, 2.05) is 26.0 Å². The minimum atomic E-state index is -1.88. The molecule has 1 N–H and O–H groups in total. The lowest BCUT2D eigenvalue weighted by Gasteiger charge is -2.23. The van der Waals surface area contributed by atoms with Crippen molar-refractivity contribution in [2.24, 2.45) is 0 Å². The molecular formula is C22H22N2O3. The van der Waals surface area contributed by atoms with Crippen molar-refractivity contribution in [2.45, 2.75) is 38.7 Å². The first-order valence-electron chi connectivity index (χ1n) is 8.99. The van der Waals surface area contributed by atoms with Crippen LogP contribution in [0.4, 0.5) is 5.69 Å². The number of Topliss-reactive ketones (excluding diaryl/α,β-unsaturated/α-hetero) is 1. The molecule has 5 nitrogen and oxygen atoms in total. The van der Waals surface area contributed by atoms with E-state index < -0.39 is 11.5 Å². The van der Waals surface area contributed by atoms with Crippen molar-refractivity contribution in [3.8, 4) is 6.07 Å². The number of hydrogen-bond donors (Lipinski definition) is 1. The zero-order chi connectivity index (χ0) is 19.6. The maximum Gasteiger partial charge on any atom is 0.264 e. The largest absolute Gasteiger partial charge is 0.375 e. The Morgan fingerprint density at radius 2 is 1.96 bits per heavy atom. The number of anilines is 1. The monoisotopic (exact) mass is 362 g/mol. The second-order valence-corrected chi connectivity index (χ2v) is 7.01. The van der Waals surface area contributed by atoms with E-state index in [0.717, 1.165) is 11.1 Å². The summed E-state index contributed by atoms with van der Waals surface area (Å²) in [6, 6.07) is 14.6. The van der Waals surface area contributed by atoms with Gasteiger partial charge in [0.1, 0.15) is 0 Å². The van der Waals surface area contributed by atoms with E-state index in [1.54, 1.807) is 30.3 Å². The summed E-state index contributed by atoms with van der Waals surface area (Å²) in [7, 11) is 0. The quantitative estimate of drug-likeness (QED) is 0.631. The van der Waals surface area contributed by atoms with Gasteiger partial charge in [-0.3, -0.25) is 9.59 Å². The highest BCUT2D eigenvalue weighted by atomic mass is 16.3. The number of fused-ring (bicyclic) bond motifs is 1. The number of hydrogen-bond acceptors (Lipinski definition) is 4. The van der Waals surface area contributed by atoms with Crippen LogP contribution < -0.4 is 4.90 Å². The number of benzene rings is 2. The fourth-order valence-corrected chi connectivity index (χ4v) is 3.58. The number of carbonyl (C=O) groups is 2. The van der Waals surface area contributed by atoms with Gasteiger partial charge in [-0.05, 0) is 38.0 Å². The topological polar surface area (TPSA) is 81.4 Å². The molecule has 2 aromatic rings. The van der Waals surface area contributed by atoms with Crippen LogP contribution in [0.3, 0.4) is 0 Å². The molecule has 0 spiro atoms. The lowest BCUT2D eigenvalue weighted by Crippen LogP contribution is -2.42. The Bertz CT molecular complexity index is 945. The summed E-state index contributed by atoms with van der Waals surface area (Å²) in [6.45, 7) is 4.08. The van der Waals surface area contributed by atoms with Crippen LogP contribution >= 0.6 is 0 Å². The highest BCUT2D eigenvalue weighted by molar-refractivity contribution is 6.11. The molecule has 27 heavy (non-hydrogen) atoms. The fourth-order valence-electron chi connectivity index (χ4n) is 3.58. The Hall–Kier alpha value is -2.97. The van der Waals surface area contributed by atoms with Crippen LogP contribution in [0, 0.1) is 25.2 Å². The van der Waals surface area contributed by atoms with Crippen molar-refractivity contribution in [1.82, 2.24) is 0 Å². The van der Waals surface area contributed by atoms with Crippen molar-refractivity contribution in [3.63, 3.8) is 0 Å². The molecule has 0 saturated carbocycles. The van der Waals surface area contributed by atoms with Gasteiger partial charge in [-0.1, -0.05) is 35.9 Å². The van der Waals surface area contributed by atoms with E-state index in [9.17, 15) is 14.7 Å². The molecule has 1 heterocycles. The SMILES string of the molecule is Cc1ccc(C)c(C(=O)CC2(O)C(=O)N(CCCC#N)c3ccccc32)c1. The van der Waals surface area contributed by atoms with Crippen LogP contribution in [0.15, 0.2) is 42.5 Å². The standard InChI is InChI=1S/C22H22N2O3/c1-15-9-10-16(2)17(13-15)20(25)14-22(27)18-7-3-4-8-19(18)24(21(22)26)12-6-5-11-23/h3-4,7-10,13,27H,5-6,12,14H2,1-2H3. The van der Waals surface area contributed by atoms with Gasteiger partial charge in [0, 0.05) is 24.1 Å². The summed E-state index contributed by atoms with van der Waals surface area (Å²) in [5, 5.41) is 20.0. The number of aryl methyl sites for hydroxylation is 2. The molecule has 0 aromatic heterocycles. The molecule has 0 bridgehead atoms. The van der Waals surface area contributed by atoms with E-state index in [-0.39, 0.29) is 12.2 Å². The predicted molar refractivity (Wildman–Crippen MR) is 102 cm³/mol. The molecule has 1 aliphatic heterocycles. The maximum absolute atomic E-state index is 13.0. The van der Waals surface area contributed by atoms with Gasteiger partial charge in [-0.2, -0.15) is 5.26 Å². The van der Waals surface area contributed by atoms with Gasteiger partial charge in [0.05, 0.1) is 18.2 Å². The van der Waals surface area contributed by atoms with E-state index in [0.29, 0.717) is 36.2 Å². The number of nitrogens with zero attached hydrogens (tertiary/aromatic N) is 2. The number of amides is 1. The Balaban J connectivity index is 1.94. The minimum Gasteiger partial charge on any atom is -0.375 e. The minimum absolute atomic E-state index is 0.263. The Kier molecular flexibility index (Phi) is 5.11. The second-order valence-electron chi connectivity index (χ2n) is 7.01. The first-order valence-corrected chi connectivity index (χ1v) is 8.99. The fraction of sp³-hybridized carbons (Fsp3) is 0.318. The number of nitriles is 1. The molecule has 1 aliphatic rings. The number of carbonyl (C=O) groups excluding carboxylic acids is 2. The molecule has 0 fully saturated rings. The highest BCUT2D eigenvalue weighted by Crippen LogP contribution is 2.43. The van der Waals surface area contributed by atoms with Crippen molar-refractivity contribution in [2.75, 3.05) is 11.4 Å². The van der Waals surface area contributed by atoms with Crippen LogP contribution in [-0.4, -0.2) is 23.3 Å². The Morgan fingerprint density at radius 1 is 1.22 bits per heavy atom. The summed E-state index contributed by atoms with van der Waals surface area (Å²) < 4.78 is 0. The third kappa shape index (κ3) is 3.36. The average molecular weight is 362 g/mol. The van der Waals surface area contributed by atoms with Gasteiger partial charge in [-0.25, -0.2) is 0 Å². The van der Waals surface area contributed by atoms with Gasteiger partial charge in [-0.15, -0.1) is 0 Å². The molecule has 0 saturated heterocycles. The van der Waals surface area contributed by atoms with Crippen molar-refractivity contribution in [3.05, 3.63) is 64.7 Å². The maximum atomic E-state index is 13.0. The van der Waals surface area contributed by atoms with Crippen LogP contribution in [0.5, 0.6) is 0 Å². The van der Waals surface area contributed by atoms with Crippen LogP contribution in [0.25, 0.3) is 0 Å². The van der Waals surface area contributed by atoms with Crippen molar-refractivity contribution >= 4 is 17.4 Å². The smallest absolute Gasteiger partial charge is 0.264 e. The zero-order valence-corrected chi connectivity index (χ0v) is 15.5. The van der Waals surface area contributed by atoms with Crippen LogP contribution in [0.2, 0.25) is 0 Å². The molecule has 5 heteroatoms. The van der Waals surface area contributed by atoms with Crippen molar-refractivity contribution < 1.29 is 14.7 Å². The number of ketones is 1. The van der Waals surface area contributed by atoms with Gasteiger partial charge in [0.25, 0.3) is 5.91 Å². The molecule has 1 amide bonds. The molecule has 1 atom stereocenters. The highest BCUT2D eigenvalue weighted by Gasteiger charge is 2.50. The average Bonchev–Trinajstić information content (AvgIpc) is 2.86. The van der Waals surface area contributed by atoms with E-state index in [2.05, 4.69) is 6.07 Å². The molecule has 0 radical (unpaired) electrons. The van der Waals surface area contributed by atoms with Crippen LogP contribution in [0.1, 0.15) is 46.3 Å². The molecule has 3 rings (SSSR count). The third-order valence-electron chi connectivity index (χ3n) is 5.02. The summed E-state index contributed by atoms with van der Waals surface area (Å²) in [6.07, 6.45) is 0.533. The third-order valence-corrected chi connectivity index (χ3v) is 5.02. The van der Waals surface area contributed by atoms with Gasteiger partial charge in [0.15, 0.2) is 11.4 Å². The van der Waals surface area contributed by atoms with Crippen LogP contribution in [-0.2, 0) is 10.4 Å². The number of aliphatic hydroxyl groups is 1. The lowest BCUT2D eigenvalue weighted by atomic mass is 9.87. The summed E-state index contributed by atoms with van der Waals surface area (Å²) in [4.78, 5) is 27.5. The lowest BCUT2D eigenvalue weighted by molar-refractivity contribution is -0.135. The Labute approximate surface area is 158 Å². The van der Waals surface area contributed by atoms with Crippen molar-refractivity contribution in [1.29, 1.82) is 5.26 Å². The van der Waals surface area contributed by atoms with E-state index >= 15 is 0 Å². The summed E-state index contributed by atoms with van der Waals surface area (Å²) >= 11 is 0. The first-order chi connectivity index (χ1) is 12.9. The molecule has 1 unspecified atom stereocenters. The van der Waals surface area contributed by atoms with E-state index in [4.69, 9.17) is 5.26 Å². The Morgan fingerprint density at radius 3 is 2.70 bits per heavy atom. The van der Waals surface area contributed by atoms with Gasteiger partial charge < -0.3 is 10.0 Å². The molecule has 2 aromatic carbocycles. The second kappa shape index (κ2) is 7.34.